The molecule has 1 aromatic rings. The van der Waals surface area contributed by atoms with Gasteiger partial charge in [0.1, 0.15) is 12.6 Å². The van der Waals surface area contributed by atoms with Crippen molar-refractivity contribution in [3.8, 4) is 0 Å². The third kappa shape index (κ3) is 2.62. The number of hydrogen-bond acceptors (Lipinski definition) is 3. The van der Waals surface area contributed by atoms with Crippen LogP contribution >= 0.6 is 0 Å². The zero-order valence-electron chi connectivity index (χ0n) is 13.0. The summed E-state index contributed by atoms with van der Waals surface area (Å²) in [6, 6.07) is 10.6. The molecule has 2 heterocycles. The summed E-state index contributed by atoms with van der Waals surface area (Å²) in [7, 11) is 0. The van der Waals surface area contributed by atoms with Crippen molar-refractivity contribution in [3.05, 3.63) is 48.0 Å². The Morgan fingerprint density at radius 3 is 2.57 bits per heavy atom. The van der Waals surface area contributed by atoms with Crippen LogP contribution in [0.15, 0.2) is 42.5 Å². The highest BCUT2D eigenvalue weighted by molar-refractivity contribution is 5.79. The Balaban J connectivity index is 2.01. The number of rotatable bonds is 1. The Hall–Kier alpha value is -1.61. The predicted octanol–water partition coefficient (Wildman–Crippen LogP) is 3.33. The first-order chi connectivity index (χ1) is 9.98. The van der Waals surface area contributed by atoms with Crippen molar-refractivity contribution >= 4 is 5.97 Å². The van der Waals surface area contributed by atoms with Crippen molar-refractivity contribution in [1.82, 2.24) is 4.90 Å². The maximum Gasteiger partial charge on any atom is 0.327 e. The van der Waals surface area contributed by atoms with Gasteiger partial charge in [0, 0.05) is 6.04 Å². The third-order valence-electron chi connectivity index (χ3n) is 4.53. The summed E-state index contributed by atoms with van der Waals surface area (Å²) < 4.78 is 5.44. The van der Waals surface area contributed by atoms with Gasteiger partial charge in [-0.2, -0.15) is 0 Å². The van der Waals surface area contributed by atoms with Gasteiger partial charge in [0.25, 0.3) is 0 Å². The molecule has 112 valence electrons. The van der Waals surface area contributed by atoms with Crippen molar-refractivity contribution in [2.75, 3.05) is 6.61 Å². The normalized spacial score (nSPS) is 29.9. The first kappa shape index (κ1) is 14.3. The van der Waals surface area contributed by atoms with E-state index in [1.807, 2.05) is 24.3 Å². The highest BCUT2D eigenvalue weighted by atomic mass is 16.5. The molecule has 0 amide bonds. The van der Waals surface area contributed by atoms with Gasteiger partial charge in [-0.25, -0.2) is 4.79 Å². The fourth-order valence-corrected chi connectivity index (χ4v) is 3.44. The maximum absolute atomic E-state index is 12.2. The molecule has 0 unspecified atom stereocenters. The molecule has 0 spiro atoms. The van der Waals surface area contributed by atoms with Gasteiger partial charge in [-0.05, 0) is 17.4 Å². The number of benzene rings is 1. The van der Waals surface area contributed by atoms with Gasteiger partial charge in [-0.15, -0.1) is 0 Å². The Kier molecular flexibility index (Phi) is 3.62. The molecule has 1 aromatic carbocycles. The minimum Gasteiger partial charge on any atom is -0.462 e. The van der Waals surface area contributed by atoms with Crippen LogP contribution in [0.5, 0.6) is 0 Å². The van der Waals surface area contributed by atoms with Crippen LogP contribution in [0.4, 0.5) is 0 Å². The Morgan fingerprint density at radius 1 is 1.19 bits per heavy atom. The van der Waals surface area contributed by atoms with E-state index in [9.17, 15) is 4.79 Å². The van der Waals surface area contributed by atoms with E-state index < -0.39 is 0 Å². The summed E-state index contributed by atoms with van der Waals surface area (Å²) in [6.07, 6.45) is 5.11. The van der Waals surface area contributed by atoms with E-state index in [0.29, 0.717) is 12.6 Å². The monoisotopic (exact) mass is 285 g/mol. The van der Waals surface area contributed by atoms with E-state index in [1.165, 1.54) is 5.56 Å². The van der Waals surface area contributed by atoms with Crippen molar-refractivity contribution in [1.29, 1.82) is 0 Å². The van der Waals surface area contributed by atoms with Crippen LogP contribution in [0.25, 0.3) is 0 Å². The molecule has 0 aliphatic carbocycles. The summed E-state index contributed by atoms with van der Waals surface area (Å²) in [5.74, 6) is -0.118. The molecule has 3 atom stereocenters. The van der Waals surface area contributed by atoms with E-state index in [1.54, 1.807) is 0 Å². The van der Waals surface area contributed by atoms with Crippen LogP contribution in [-0.2, 0) is 9.53 Å². The summed E-state index contributed by atoms with van der Waals surface area (Å²) in [5.41, 5.74) is 1.34. The number of nitrogens with zero attached hydrogens (tertiary/aromatic N) is 1. The van der Waals surface area contributed by atoms with Gasteiger partial charge in [0.15, 0.2) is 0 Å². The number of esters is 1. The first-order valence-corrected chi connectivity index (χ1v) is 7.64. The molecule has 1 saturated heterocycles. The molecule has 21 heavy (non-hydrogen) atoms. The average molecular weight is 285 g/mol. The molecule has 0 radical (unpaired) electrons. The molecule has 2 aliphatic rings. The second-order valence-electron chi connectivity index (χ2n) is 6.99. The average Bonchev–Trinajstić information content (AvgIpc) is 2.47. The van der Waals surface area contributed by atoms with Crippen LogP contribution in [0.2, 0.25) is 0 Å². The van der Waals surface area contributed by atoms with E-state index in [0.717, 1.165) is 6.42 Å². The molecule has 0 bridgehead atoms. The Bertz CT molecular complexity index is 544. The number of fused-ring (bicyclic) bond motifs is 1. The van der Waals surface area contributed by atoms with Crippen LogP contribution in [-0.4, -0.2) is 29.6 Å². The highest BCUT2D eigenvalue weighted by Gasteiger charge is 2.45. The zero-order valence-corrected chi connectivity index (χ0v) is 13.0. The lowest BCUT2D eigenvalue weighted by molar-refractivity contribution is -0.165. The highest BCUT2D eigenvalue weighted by Crippen LogP contribution is 2.40. The quantitative estimate of drug-likeness (QED) is 0.585. The lowest BCUT2D eigenvalue weighted by Gasteiger charge is -2.50. The fourth-order valence-electron chi connectivity index (χ4n) is 3.44. The second kappa shape index (κ2) is 5.30. The van der Waals surface area contributed by atoms with Gasteiger partial charge in [-0.3, -0.25) is 4.90 Å². The maximum atomic E-state index is 12.2. The largest absolute Gasteiger partial charge is 0.462 e. The Morgan fingerprint density at radius 2 is 1.90 bits per heavy atom. The molecule has 3 rings (SSSR count). The fraction of sp³-hybridized carbons (Fsp3) is 0.500. The van der Waals surface area contributed by atoms with Crippen molar-refractivity contribution in [2.45, 2.75) is 45.3 Å². The minimum atomic E-state index is -0.248. The van der Waals surface area contributed by atoms with Gasteiger partial charge in [0.2, 0.25) is 0 Å². The SMILES string of the molecule is CC(C)(C)[C@@H]1CC=C[C@H]2C(=O)OC[C@H](c3ccccc3)N12. The first-order valence-electron chi connectivity index (χ1n) is 7.64. The summed E-state index contributed by atoms with van der Waals surface area (Å²) in [5, 5.41) is 0. The van der Waals surface area contributed by atoms with Crippen molar-refractivity contribution in [2.24, 2.45) is 5.41 Å². The number of cyclic esters (lactones) is 1. The molecular formula is C18H23NO2. The van der Waals surface area contributed by atoms with Crippen molar-refractivity contribution < 1.29 is 9.53 Å². The van der Waals surface area contributed by atoms with E-state index in [-0.39, 0.29) is 23.5 Å². The molecule has 1 fully saturated rings. The zero-order chi connectivity index (χ0) is 15.0. The number of carbonyl (C=O) groups excluding carboxylic acids is 1. The van der Waals surface area contributed by atoms with Gasteiger partial charge in [0.05, 0.1) is 6.04 Å². The lowest BCUT2D eigenvalue weighted by atomic mass is 9.79. The number of carbonyl (C=O) groups is 1. The Labute approximate surface area is 126 Å². The van der Waals surface area contributed by atoms with Gasteiger partial charge < -0.3 is 4.74 Å². The van der Waals surface area contributed by atoms with Crippen LogP contribution < -0.4 is 0 Å². The molecule has 0 saturated carbocycles. The van der Waals surface area contributed by atoms with E-state index >= 15 is 0 Å². The molecule has 0 N–H and O–H groups in total. The van der Waals surface area contributed by atoms with E-state index in [4.69, 9.17) is 4.74 Å². The number of hydrogen-bond donors (Lipinski definition) is 0. The summed E-state index contributed by atoms with van der Waals surface area (Å²) in [4.78, 5) is 14.5. The topological polar surface area (TPSA) is 29.5 Å². The van der Waals surface area contributed by atoms with Gasteiger partial charge in [-0.1, -0.05) is 63.3 Å². The van der Waals surface area contributed by atoms with Crippen molar-refractivity contribution in [3.63, 3.8) is 0 Å². The molecular weight excluding hydrogens is 262 g/mol. The number of ether oxygens (including phenoxy) is 1. The smallest absolute Gasteiger partial charge is 0.327 e. The molecule has 3 heteroatoms. The molecule has 3 nitrogen and oxygen atoms in total. The summed E-state index contributed by atoms with van der Waals surface area (Å²) in [6.45, 7) is 7.18. The van der Waals surface area contributed by atoms with Crippen LogP contribution in [0.1, 0.15) is 38.8 Å². The van der Waals surface area contributed by atoms with E-state index in [2.05, 4.69) is 43.9 Å². The van der Waals surface area contributed by atoms with Crippen LogP contribution in [0.3, 0.4) is 0 Å². The van der Waals surface area contributed by atoms with Gasteiger partial charge >= 0.3 is 5.97 Å². The number of morpholine rings is 1. The van der Waals surface area contributed by atoms with Crippen LogP contribution in [0, 0.1) is 5.41 Å². The minimum absolute atomic E-state index is 0.118. The lowest BCUT2D eigenvalue weighted by Crippen LogP contribution is -2.58. The summed E-state index contributed by atoms with van der Waals surface area (Å²) >= 11 is 0. The molecule has 0 aromatic heterocycles. The second-order valence-corrected chi connectivity index (χ2v) is 6.99. The predicted molar refractivity (Wildman–Crippen MR) is 82.8 cm³/mol. The molecule has 2 aliphatic heterocycles. The third-order valence-corrected chi connectivity index (χ3v) is 4.53. The standard InChI is InChI=1S/C18H23NO2/c1-18(2,3)16-11-7-10-14-17(20)21-12-15(19(14)16)13-8-5-4-6-9-13/h4-10,14-16H,11-12H2,1-3H3/t14-,15+,16-/m0/s1.